The van der Waals surface area contributed by atoms with Crippen molar-refractivity contribution in [2.75, 3.05) is 19.7 Å². The molecule has 0 spiro atoms. The fraction of sp³-hybridized carbons (Fsp3) is 0.471. The summed E-state index contributed by atoms with van der Waals surface area (Å²) < 4.78 is 16.0. The van der Waals surface area contributed by atoms with E-state index in [-0.39, 0.29) is 0 Å². The Hall–Kier alpha value is -1.72. The first-order valence-corrected chi connectivity index (χ1v) is 7.60. The summed E-state index contributed by atoms with van der Waals surface area (Å²) in [5.41, 5.74) is 3.14. The van der Waals surface area contributed by atoms with Crippen LogP contribution in [0.2, 0.25) is 0 Å². The zero-order chi connectivity index (χ0) is 15.7. The van der Waals surface area contributed by atoms with Gasteiger partial charge in [-0.1, -0.05) is 23.8 Å². The molecule has 0 radical (unpaired) electrons. The summed E-state index contributed by atoms with van der Waals surface area (Å²) >= 11 is 0. The third-order valence-corrected chi connectivity index (χ3v) is 4.34. The van der Waals surface area contributed by atoms with Crippen LogP contribution in [0.5, 0.6) is 0 Å². The molecule has 1 aliphatic heterocycles. The second kappa shape index (κ2) is 5.82. The number of rotatable bonds is 4. The van der Waals surface area contributed by atoms with Crippen LogP contribution in [0.4, 0.5) is 4.39 Å². The predicted octanol–water partition coefficient (Wildman–Crippen LogP) is 2.30. The van der Waals surface area contributed by atoms with Crippen LogP contribution in [-0.2, 0) is 13.6 Å². The molecule has 22 heavy (non-hydrogen) atoms. The normalized spacial score (nSPS) is 22.4. The molecule has 3 rings (SSSR count). The van der Waals surface area contributed by atoms with E-state index in [1.54, 1.807) is 4.68 Å². The lowest BCUT2D eigenvalue weighted by Crippen LogP contribution is -2.32. The van der Waals surface area contributed by atoms with Crippen molar-refractivity contribution in [2.24, 2.45) is 7.05 Å². The average molecular weight is 303 g/mol. The van der Waals surface area contributed by atoms with Crippen molar-refractivity contribution >= 4 is 0 Å². The van der Waals surface area contributed by atoms with Gasteiger partial charge in [-0.3, -0.25) is 9.58 Å². The van der Waals surface area contributed by atoms with Gasteiger partial charge >= 0.3 is 0 Å². The molecule has 1 N–H and O–H groups in total. The molecular weight excluding hydrogens is 281 g/mol. The largest absolute Gasteiger partial charge is 0.393 e. The lowest BCUT2D eigenvalue weighted by Gasteiger charge is -2.20. The number of alkyl halides is 1. The molecule has 1 atom stereocenters. The first kappa shape index (κ1) is 15.2. The molecule has 5 heteroatoms. The predicted molar refractivity (Wildman–Crippen MR) is 84.2 cm³/mol. The number of aryl methyl sites for hydroxylation is 2. The van der Waals surface area contributed by atoms with Crippen LogP contribution in [0.1, 0.15) is 17.5 Å². The molecule has 0 amide bonds. The second-order valence-electron chi connectivity index (χ2n) is 6.33. The topological polar surface area (TPSA) is 41.3 Å². The second-order valence-corrected chi connectivity index (χ2v) is 6.33. The van der Waals surface area contributed by atoms with Gasteiger partial charge in [-0.2, -0.15) is 5.10 Å². The molecule has 2 heterocycles. The number of halogens is 1. The minimum atomic E-state index is -1.45. The Bertz CT molecular complexity index is 670. The SMILES string of the molecule is Cc1ccc(CN2CCC(F)(CO)C2)c(-c2cnn(C)c2)c1. The summed E-state index contributed by atoms with van der Waals surface area (Å²) in [4.78, 5) is 2.07. The van der Waals surface area contributed by atoms with Crippen LogP contribution in [0.25, 0.3) is 11.1 Å². The summed E-state index contributed by atoms with van der Waals surface area (Å²) in [6.45, 7) is 3.34. The maximum atomic E-state index is 14.2. The number of aromatic nitrogens is 2. The highest BCUT2D eigenvalue weighted by molar-refractivity contribution is 5.66. The van der Waals surface area contributed by atoms with Crippen molar-refractivity contribution < 1.29 is 9.50 Å². The maximum absolute atomic E-state index is 14.2. The van der Waals surface area contributed by atoms with E-state index in [1.165, 1.54) is 11.1 Å². The van der Waals surface area contributed by atoms with Gasteiger partial charge in [0.25, 0.3) is 0 Å². The lowest BCUT2D eigenvalue weighted by molar-refractivity contribution is 0.0769. The Labute approximate surface area is 130 Å². The van der Waals surface area contributed by atoms with Crippen LogP contribution < -0.4 is 0 Å². The van der Waals surface area contributed by atoms with Crippen molar-refractivity contribution in [2.45, 2.75) is 25.6 Å². The molecule has 1 fully saturated rings. The van der Waals surface area contributed by atoms with E-state index in [2.05, 4.69) is 35.1 Å². The van der Waals surface area contributed by atoms with Crippen LogP contribution in [0, 0.1) is 6.92 Å². The van der Waals surface area contributed by atoms with E-state index in [0.29, 0.717) is 26.1 Å². The number of benzene rings is 1. The van der Waals surface area contributed by atoms with E-state index in [4.69, 9.17) is 5.11 Å². The minimum absolute atomic E-state index is 0.295. The molecule has 118 valence electrons. The summed E-state index contributed by atoms with van der Waals surface area (Å²) in [5, 5.41) is 13.4. The average Bonchev–Trinajstić information content (AvgIpc) is 3.08. The molecule has 1 aromatic carbocycles. The van der Waals surface area contributed by atoms with Crippen molar-refractivity contribution in [3.05, 3.63) is 41.7 Å². The molecule has 1 aromatic heterocycles. The minimum Gasteiger partial charge on any atom is -0.393 e. The number of likely N-dealkylation sites (tertiary alicyclic amines) is 1. The Morgan fingerprint density at radius 2 is 2.23 bits per heavy atom. The summed E-state index contributed by atoms with van der Waals surface area (Å²) in [5.74, 6) is 0. The molecule has 0 saturated carbocycles. The fourth-order valence-electron chi connectivity index (χ4n) is 3.08. The van der Waals surface area contributed by atoms with Gasteiger partial charge < -0.3 is 5.11 Å². The summed E-state index contributed by atoms with van der Waals surface area (Å²) in [6, 6.07) is 6.34. The standard InChI is InChI=1S/C17H22FN3O/c1-13-3-4-14(10-21-6-5-17(18,11-21)12-22)16(7-13)15-8-19-20(2)9-15/h3-4,7-9,22H,5-6,10-12H2,1-2H3. The van der Waals surface area contributed by atoms with E-state index >= 15 is 0 Å². The van der Waals surface area contributed by atoms with E-state index < -0.39 is 12.3 Å². The van der Waals surface area contributed by atoms with Gasteiger partial charge in [0.15, 0.2) is 0 Å². The van der Waals surface area contributed by atoms with Gasteiger partial charge in [0.1, 0.15) is 5.67 Å². The van der Waals surface area contributed by atoms with Crippen molar-refractivity contribution in [1.82, 2.24) is 14.7 Å². The van der Waals surface area contributed by atoms with E-state index in [9.17, 15) is 4.39 Å². The molecular formula is C17H22FN3O. The smallest absolute Gasteiger partial charge is 0.147 e. The third-order valence-electron chi connectivity index (χ3n) is 4.34. The number of aliphatic hydroxyl groups is 1. The molecule has 0 aliphatic carbocycles. The van der Waals surface area contributed by atoms with Crippen molar-refractivity contribution in [3.63, 3.8) is 0 Å². The monoisotopic (exact) mass is 303 g/mol. The lowest BCUT2D eigenvalue weighted by atomic mass is 9.99. The third kappa shape index (κ3) is 3.05. The van der Waals surface area contributed by atoms with Crippen LogP contribution >= 0.6 is 0 Å². The Morgan fingerprint density at radius 3 is 2.86 bits per heavy atom. The van der Waals surface area contributed by atoms with Gasteiger partial charge in [-0.05, 0) is 24.5 Å². The highest BCUT2D eigenvalue weighted by atomic mass is 19.1. The molecule has 2 aromatic rings. The van der Waals surface area contributed by atoms with Crippen LogP contribution in [-0.4, -0.2) is 45.2 Å². The van der Waals surface area contributed by atoms with E-state index in [0.717, 1.165) is 11.1 Å². The fourth-order valence-corrected chi connectivity index (χ4v) is 3.08. The van der Waals surface area contributed by atoms with Gasteiger partial charge in [0.2, 0.25) is 0 Å². The van der Waals surface area contributed by atoms with Crippen LogP contribution in [0.3, 0.4) is 0 Å². The molecule has 1 aliphatic rings. The quantitative estimate of drug-likeness (QED) is 0.942. The molecule has 4 nitrogen and oxygen atoms in total. The van der Waals surface area contributed by atoms with Crippen molar-refractivity contribution in [1.29, 1.82) is 0 Å². The highest BCUT2D eigenvalue weighted by Crippen LogP contribution is 2.30. The molecule has 1 unspecified atom stereocenters. The van der Waals surface area contributed by atoms with Gasteiger partial charge in [0.05, 0.1) is 12.8 Å². The Morgan fingerprint density at radius 1 is 1.41 bits per heavy atom. The first-order chi connectivity index (χ1) is 10.5. The number of aliphatic hydroxyl groups excluding tert-OH is 1. The van der Waals surface area contributed by atoms with Gasteiger partial charge in [-0.25, -0.2) is 4.39 Å². The Balaban J connectivity index is 1.85. The molecule has 0 bridgehead atoms. The van der Waals surface area contributed by atoms with Gasteiger partial charge in [-0.15, -0.1) is 0 Å². The summed E-state index contributed by atoms with van der Waals surface area (Å²) in [7, 11) is 1.90. The maximum Gasteiger partial charge on any atom is 0.147 e. The molecule has 1 saturated heterocycles. The highest BCUT2D eigenvalue weighted by Gasteiger charge is 2.37. The Kier molecular flexibility index (Phi) is 4.02. The zero-order valence-electron chi connectivity index (χ0n) is 13.1. The van der Waals surface area contributed by atoms with Gasteiger partial charge in [0, 0.05) is 38.4 Å². The number of nitrogens with zero attached hydrogens (tertiary/aromatic N) is 3. The van der Waals surface area contributed by atoms with Crippen molar-refractivity contribution in [3.8, 4) is 11.1 Å². The number of hydrogen-bond donors (Lipinski definition) is 1. The van der Waals surface area contributed by atoms with Crippen LogP contribution in [0.15, 0.2) is 30.6 Å². The van der Waals surface area contributed by atoms with E-state index in [1.807, 2.05) is 19.4 Å². The first-order valence-electron chi connectivity index (χ1n) is 7.60. The number of hydrogen-bond acceptors (Lipinski definition) is 3. The summed E-state index contributed by atoms with van der Waals surface area (Å²) in [6.07, 6.45) is 4.25. The zero-order valence-corrected chi connectivity index (χ0v) is 13.1.